The van der Waals surface area contributed by atoms with Crippen LogP contribution in [0.4, 0.5) is 4.39 Å². The van der Waals surface area contributed by atoms with Crippen LogP contribution in [0.3, 0.4) is 0 Å². The molecule has 0 aromatic carbocycles. The van der Waals surface area contributed by atoms with Crippen LogP contribution in [0.2, 0.25) is 0 Å². The van der Waals surface area contributed by atoms with Crippen LogP contribution in [-0.2, 0) is 0 Å². The molecule has 0 unspecified atom stereocenters. The number of rotatable bonds is 4. The van der Waals surface area contributed by atoms with E-state index in [1.807, 2.05) is 0 Å². The van der Waals surface area contributed by atoms with E-state index in [1.165, 1.54) is 41.5 Å². The Balaban J connectivity index is 2.42. The average molecular weight is 288 g/mol. The van der Waals surface area contributed by atoms with E-state index in [9.17, 15) is 14.0 Å². The predicted octanol–water partition coefficient (Wildman–Crippen LogP) is 1.02. The van der Waals surface area contributed by atoms with Gasteiger partial charge in [0.1, 0.15) is 5.82 Å². The maximum atomic E-state index is 13.2. The molecule has 0 aliphatic heterocycles. The molecule has 108 valence electrons. The molecule has 0 N–H and O–H groups in total. The third-order valence-corrected chi connectivity index (χ3v) is 2.52. The van der Waals surface area contributed by atoms with Gasteiger partial charge in [-0.2, -0.15) is 5.10 Å². The van der Waals surface area contributed by atoms with Crippen LogP contribution in [0.25, 0.3) is 5.69 Å². The standard InChI is InChI=1S/C14H13FN4O2/c1-18(2)5-3-12(20)14-13(21)4-6-19(17-14)11-7-10(15)8-16-9-11/h3-9H,1-2H3/b5-3+. The molecule has 0 saturated heterocycles. The molecule has 0 saturated carbocycles. The van der Waals surface area contributed by atoms with Crippen molar-refractivity contribution in [1.29, 1.82) is 0 Å². The highest BCUT2D eigenvalue weighted by atomic mass is 19.1. The van der Waals surface area contributed by atoms with E-state index >= 15 is 0 Å². The SMILES string of the molecule is CN(C)/C=C/C(=O)c1nn(-c2cncc(F)c2)ccc1=O. The highest BCUT2D eigenvalue weighted by Gasteiger charge is 2.11. The molecule has 0 aliphatic rings. The van der Waals surface area contributed by atoms with Crippen molar-refractivity contribution >= 4 is 5.78 Å². The second kappa shape index (κ2) is 6.08. The second-order valence-electron chi connectivity index (χ2n) is 4.48. The first kappa shape index (κ1) is 14.6. The fraction of sp³-hybridized carbons (Fsp3) is 0.143. The number of hydrogen-bond acceptors (Lipinski definition) is 5. The third-order valence-electron chi connectivity index (χ3n) is 2.52. The number of allylic oxidation sites excluding steroid dienone is 1. The molecule has 7 heteroatoms. The van der Waals surface area contributed by atoms with Crippen molar-refractivity contribution in [3.05, 3.63) is 64.7 Å². The molecular formula is C14H13FN4O2. The summed E-state index contributed by atoms with van der Waals surface area (Å²) in [5.74, 6) is -1.05. The zero-order valence-corrected chi connectivity index (χ0v) is 11.5. The lowest BCUT2D eigenvalue weighted by Crippen LogP contribution is -2.20. The van der Waals surface area contributed by atoms with Crippen LogP contribution in [0.1, 0.15) is 10.5 Å². The van der Waals surface area contributed by atoms with Crippen molar-refractivity contribution in [2.75, 3.05) is 14.1 Å². The van der Waals surface area contributed by atoms with Gasteiger partial charge in [-0.05, 0) is 0 Å². The zero-order valence-electron chi connectivity index (χ0n) is 11.5. The third kappa shape index (κ3) is 3.59. The van der Waals surface area contributed by atoms with Crippen molar-refractivity contribution in [2.24, 2.45) is 0 Å². The molecule has 2 aromatic rings. The van der Waals surface area contributed by atoms with Crippen molar-refractivity contribution < 1.29 is 9.18 Å². The van der Waals surface area contributed by atoms with Crippen molar-refractivity contribution in [1.82, 2.24) is 19.7 Å². The van der Waals surface area contributed by atoms with Gasteiger partial charge in [0.15, 0.2) is 5.69 Å². The first-order valence-electron chi connectivity index (χ1n) is 6.07. The zero-order chi connectivity index (χ0) is 15.4. The number of halogens is 1. The molecule has 2 heterocycles. The average Bonchev–Trinajstić information content (AvgIpc) is 2.45. The van der Waals surface area contributed by atoms with Crippen molar-refractivity contribution in [2.45, 2.75) is 0 Å². The molecule has 2 aromatic heterocycles. The minimum atomic E-state index is -0.534. The number of pyridine rings is 1. The highest BCUT2D eigenvalue weighted by molar-refractivity contribution is 6.02. The summed E-state index contributed by atoms with van der Waals surface area (Å²) in [6, 6.07) is 2.41. The van der Waals surface area contributed by atoms with Gasteiger partial charge in [-0.15, -0.1) is 0 Å². The number of aromatic nitrogens is 3. The summed E-state index contributed by atoms with van der Waals surface area (Å²) in [4.78, 5) is 29.0. The van der Waals surface area contributed by atoms with Gasteiger partial charge in [-0.3, -0.25) is 14.6 Å². The normalized spacial score (nSPS) is 10.8. The smallest absolute Gasteiger partial charge is 0.211 e. The molecule has 0 radical (unpaired) electrons. The van der Waals surface area contributed by atoms with E-state index in [-0.39, 0.29) is 5.69 Å². The van der Waals surface area contributed by atoms with Gasteiger partial charge < -0.3 is 4.90 Å². The number of ketones is 1. The van der Waals surface area contributed by atoms with E-state index < -0.39 is 17.0 Å². The quantitative estimate of drug-likeness (QED) is 0.621. The monoisotopic (exact) mass is 288 g/mol. The molecule has 0 amide bonds. The van der Waals surface area contributed by atoms with Gasteiger partial charge in [0.25, 0.3) is 0 Å². The maximum absolute atomic E-state index is 13.2. The molecular weight excluding hydrogens is 275 g/mol. The van der Waals surface area contributed by atoms with Crippen LogP contribution in [0.15, 0.2) is 47.8 Å². The predicted molar refractivity (Wildman–Crippen MR) is 74.7 cm³/mol. The number of carbonyl (C=O) groups is 1. The molecule has 0 atom stereocenters. The lowest BCUT2D eigenvalue weighted by Gasteiger charge is -2.06. The summed E-state index contributed by atoms with van der Waals surface area (Å²) >= 11 is 0. The molecule has 2 rings (SSSR count). The molecule has 21 heavy (non-hydrogen) atoms. The van der Waals surface area contributed by atoms with Gasteiger partial charge in [0.2, 0.25) is 11.2 Å². The van der Waals surface area contributed by atoms with E-state index in [0.29, 0.717) is 5.69 Å². The van der Waals surface area contributed by atoms with Crippen LogP contribution >= 0.6 is 0 Å². The number of carbonyl (C=O) groups excluding carboxylic acids is 1. The van der Waals surface area contributed by atoms with Crippen molar-refractivity contribution in [3.63, 3.8) is 0 Å². The highest BCUT2D eigenvalue weighted by Crippen LogP contribution is 2.05. The Morgan fingerprint density at radius 1 is 1.38 bits per heavy atom. The van der Waals surface area contributed by atoms with Gasteiger partial charge in [-0.25, -0.2) is 9.07 Å². The van der Waals surface area contributed by atoms with Crippen LogP contribution in [0.5, 0.6) is 0 Å². The van der Waals surface area contributed by atoms with E-state index in [4.69, 9.17) is 0 Å². The minimum absolute atomic E-state index is 0.236. The summed E-state index contributed by atoms with van der Waals surface area (Å²) in [6.07, 6.45) is 6.55. The van der Waals surface area contributed by atoms with Gasteiger partial charge >= 0.3 is 0 Å². The van der Waals surface area contributed by atoms with Crippen molar-refractivity contribution in [3.8, 4) is 5.69 Å². The Labute approximate surface area is 120 Å². The lowest BCUT2D eigenvalue weighted by molar-refractivity contribution is 0.103. The summed E-state index contributed by atoms with van der Waals surface area (Å²) in [5.41, 5.74) is -0.412. The molecule has 0 bridgehead atoms. The summed E-state index contributed by atoms with van der Waals surface area (Å²) in [5, 5.41) is 3.94. The first-order valence-corrected chi connectivity index (χ1v) is 6.07. The molecule has 6 nitrogen and oxygen atoms in total. The summed E-state index contributed by atoms with van der Waals surface area (Å²) in [6.45, 7) is 0. The molecule has 0 spiro atoms. The first-order chi connectivity index (χ1) is 9.97. The fourth-order valence-electron chi connectivity index (χ4n) is 1.54. The van der Waals surface area contributed by atoms with Gasteiger partial charge in [0, 0.05) is 44.7 Å². The Morgan fingerprint density at radius 2 is 2.14 bits per heavy atom. The van der Waals surface area contributed by atoms with Gasteiger partial charge in [0.05, 0.1) is 18.1 Å². The van der Waals surface area contributed by atoms with Gasteiger partial charge in [-0.1, -0.05) is 0 Å². The van der Waals surface area contributed by atoms with Crippen LogP contribution in [0, 0.1) is 5.82 Å². The Kier molecular flexibility index (Phi) is 4.22. The van der Waals surface area contributed by atoms with Crippen LogP contribution in [-0.4, -0.2) is 39.5 Å². The minimum Gasteiger partial charge on any atom is -0.383 e. The number of hydrogen-bond donors (Lipinski definition) is 0. The topological polar surface area (TPSA) is 68.1 Å². The largest absolute Gasteiger partial charge is 0.383 e. The maximum Gasteiger partial charge on any atom is 0.211 e. The fourth-order valence-corrected chi connectivity index (χ4v) is 1.54. The van der Waals surface area contributed by atoms with E-state index in [0.717, 1.165) is 6.20 Å². The van der Waals surface area contributed by atoms with Crippen LogP contribution < -0.4 is 5.43 Å². The van der Waals surface area contributed by atoms with E-state index in [1.54, 1.807) is 19.0 Å². The molecule has 0 fully saturated rings. The Morgan fingerprint density at radius 3 is 2.81 bits per heavy atom. The second-order valence-corrected chi connectivity index (χ2v) is 4.48. The Bertz CT molecular complexity index is 753. The number of nitrogens with zero attached hydrogens (tertiary/aromatic N) is 4. The Hall–Kier alpha value is -2.83. The summed E-state index contributed by atoms with van der Waals surface area (Å²) in [7, 11) is 3.50. The van der Waals surface area contributed by atoms with E-state index in [2.05, 4.69) is 10.1 Å². The summed E-state index contributed by atoms with van der Waals surface area (Å²) < 4.78 is 14.4. The lowest BCUT2D eigenvalue weighted by atomic mass is 10.2. The molecule has 0 aliphatic carbocycles.